The fourth-order valence-electron chi connectivity index (χ4n) is 1.23. The van der Waals surface area contributed by atoms with Crippen LogP contribution >= 0.6 is 0 Å². The molecule has 0 fully saturated rings. The van der Waals surface area contributed by atoms with Crippen molar-refractivity contribution in [2.75, 3.05) is 20.3 Å². The normalized spacial score (nSPS) is 9.72. The quantitative estimate of drug-likeness (QED) is 0.591. The SMILES string of the molecule is COC(=O)c1ccc(F)cc1OCCOC(C)=O. The molecule has 0 spiro atoms. The molecular formula is C12H13FO5. The van der Waals surface area contributed by atoms with E-state index in [2.05, 4.69) is 9.47 Å². The molecule has 0 atom stereocenters. The highest BCUT2D eigenvalue weighted by Gasteiger charge is 2.13. The Morgan fingerprint density at radius 3 is 2.61 bits per heavy atom. The maximum Gasteiger partial charge on any atom is 0.341 e. The Morgan fingerprint density at radius 1 is 1.28 bits per heavy atom. The van der Waals surface area contributed by atoms with Gasteiger partial charge >= 0.3 is 11.9 Å². The molecule has 0 aliphatic heterocycles. The predicted octanol–water partition coefficient (Wildman–Crippen LogP) is 1.55. The molecule has 0 unspecified atom stereocenters. The minimum atomic E-state index is -0.627. The van der Waals surface area contributed by atoms with Crippen LogP contribution in [0.1, 0.15) is 17.3 Å². The first kappa shape index (κ1) is 14.0. The molecule has 0 aromatic heterocycles. The molecule has 98 valence electrons. The van der Waals surface area contributed by atoms with Gasteiger partial charge in [0, 0.05) is 13.0 Å². The van der Waals surface area contributed by atoms with Gasteiger partial charge in [0.05, 0.1) is 7.11 Å². The summed E-state index contributed by atoms with van der Waals surface area (Å²) < 4.78 is 27.4. The van der Waals surface area contributed by atoms with E-state index in [-0.39, 0.29) is 24.5 Å². The number of carbonyl (C=O) groups is 2. The summed E-state index contributed by atoms with van der Waals surface area (Å²) in [5.41, 5.74) is 0.113. The third kappa shape index (κ3) is 4.04. The van der Waals surface area contributed by atoms with Crippen LogP contribution in [0.15, 0.2) is 18.2 Å². The lowest BCUT2D eigenvalue weighted by Crippen LogP contribution is -2.12. The number of ether oxygens (including phenoxy) is 3. The van der Waals surface area contributed by atoms with E-state index >= 15 is 0 Å². The molecule has 0 aliphatic carbocycles. The van der Waals surface area contributed by atoms with Crippen molar-refractivity contribution >= 4 is 11.9 Å². The van der Waals surface area contributed by atoms with Gasteiger partial charge in [-0.25, -0.2) is 9.18 Å². The van der Waals surface area contributed by atoms with Crippen molar-refractivity contribution in [2.45, 2.75) is 6.92 Å². The predicted molar refractivity (Wildman–Crippen MR) is 59.9 cm³/mol. The van der Waals surface area contributed by atoms with Gasteiger partial charge < -0.3 is 14.2 Å². The summed E-state index contributed by atoms with van der Waals surface area (Å²) >= 11 is 0. The largest absolute Gasteiger partial charge is 0.489 e. The summed E-state index contributed by atoms with van der Waals surface area (Å²) in [5, 5.41) is 0. The second-order valence-electron chi connectivity index (χ2n) is 3.32. The Hall–Kier alpha value is -2.11. The van der Waals surface area contributed by atoms with Gasteiger partial charge in [0.2, 0.25) is 0 Å². The average molecular weight is 256 g/mol. The molecular weight excluding hydrogens is 243 g/mol. The van der Waals surface area contributed by atoms with E-state index in [1.54, 1.807) is 0 Å². The second-order valence-corrected chi connectivity index (χ2v) is 3.32. The molecule has 0 N–H and O–H groups in total. The lowest BCUT2D eigenvalue weighted by atomic mass is 10.2. The number of methoxy groups -OCH3 is 1. The van der Waals surface area contributed by atoms with Crippen LogP contribution in [0.3, 0.4) is 0 Å². The Balaban J connectivity index is 2.70. The van der Waals surface area contributed by atoms with E-state index in [9.17, 15) is 14.0 Å². The molecule has 18 heavy (non-hydrogen) atoms. The zero-order chi connectivity index (χ0) is 13.5. The summed E-state index contributed by atoms with van der Waals surface area (Å²) in [5.74, 6) is -1.55. The highest BCUT2D eigenvalue weighted by Crippen LogP contribution is 2.20. The van der Waals surface area contributed by atoms with Crippen LogP contribution in [-0.2, 0) is 14.3 Å². The number of rotatable bonds is 5. The van der Waals surface area contributed by atoms with Crippen molar-refractivity contribution < 1.29 is 28.2 Å². The van der Waals surface area contributed by atoms with E-state index in [4.69, 9.17) is 4.74 Å². The van der Waals surface area contributed by atoms with Crippen LogP contribution in [0.25, 0.3) is 0 Å². The highest BCUT2D eigenvalue weighted by atomic mass is 19.1. The molecule has 0 aliphatic rings. The molecule has 0 saturated heterocycles. The Kier molecular flexibility index (Phi) is 5.10. The van der Waals surface area contributed by atoms with Gasteiger partial charge in [-0.1, -0.05) is 0 Å². The lowest BCUT2D eigenvalue weighted by Gasteiger charge is -2.10. The van der Waals surface area contributed by atoms with Crippen molar-refractivity contribution in [2.24, 2.45) is 0 Å². The highest BCUT2D eigenvalue weighted by molar-refractivity contribution is 5.92. The fourth-order valence-corrected chi connectivity index (χ4v) is 1.23. The molecule has 1 aromatic rings. The van der Waals surface area contributed by atoms with Gasteiger partial charge in [-0.05, 0) is 12.1 Å². The number of hydrogen-bond donors (Lipinski definition) is 0. The minimum Gasteiger partial charge on any atom is -0.489 e. The van der Waals surface area contributed by atoms with Gasteiger partial charge in [-0.3, -0.25) is 4.79 Å². The van der Waals surface area contributed by atoms with Crippen molar-refractivity contribution in [1.29, 1.82) is 0 Å². The van der Waals surface area contributed by atoms with E-state index in [0.717, 1.165) is 12.1 Å². The minimum absolute atomic E-state index is 0.0203. The molecule has 1 aromatic carbocycles. The van der Waals surface area contributed by atoms with Gasteiger partial charge in [-0.15, -0.1) is 0 Å². The maximum absolute atomic E-state index is 13.0. The molecule has 6 heteroatoms. The second kappa shape index (κ2) is 6.58. The summed E-state index contributed by atoms with van der Waals surface area (Å²) in [6, 6.07) is 3.47. The number of halogens is 1. The van der Waals surface area contributed by atoms with E-state index in [0.29, 0.717) is 0 Å². The van der Waals surface area contributed by atoms with Crippen LogP contribution in [0.4, 0.5) is 4.39 Å². The lowest BCUT2D eigenvalue weighted by molar-refractivity contribution is -0.141. The van der Waals surface area contributed by atoms with Crippen molar-refractivity contribution in [3.63, 3.8) is 0 Å². The maximum atomic E-state index is 13.0. The van der Waals surface area contributed by atoms with Crippen molar-refractivity contribution in [1.82, 2.24) is 0 Å². The van der Waals surface area contributed by atoms with Crippen LogP contribution in [-0.4, -0.2) is 32.3 Å². The topological polar surface area (TPSA) is 61.8 Å². The summed E-state index contributed by atoms with van der Waals surface area (Å²) in [4.78, 5) is 21.9. The third-order valence-electron chi connectivity index (χ3n) is 2.00. The molecule has 5 nitrogen and oxygen atoms in total. The van der Waals surface area contributed by atoms with Crippen LogP contribution < -0.4 is 4.74 Å². The molecule has 1 rings (SSSR count). The van der Waals surface area contributed by atoms with E-state index in [1.165, 1.54) is 20.1 Å². The van der Waals surface area contributed by atoms with Gasteiger partial charge in [-0.2, -0.15) is 0 Å². The Morgan fingerprint density at radius 2 is 2.00 bits per heavy atom. The van der Waals surface area contributed by atoms with E-state index < -0.39 is 17.8 Å². The number of benzene rings is 1. The van der Waals surface area contributed by atoms with Crippen LogP contribution in [0.5, 0.6) is 5.75 Å². The van der Waals surface area contributed by atoms with Gasteiger partial charge in [0.25, 0.3) is 0 Å². The number of hydrogen-bond acceptors (Lipinski definition) is 5. The van der Waals surface area contributed by atoms with Gasteiger partial charge in [0.1, 0.15) is 30.3 Å². The average Bonchev–Trinajstić information content (AvgIpc) is 2.33. The van der Waals surface area contributed by atoms with Crippen molar-refractivity contribution in [3.8, 4) is 5.75 Å². The first-order valence-corrected chi connectivity index (χ1v) is 5.18. The number of carbonyl (C=O) groups excluding carboxylic acids is 2. The van der Waals surface area contributed by atoms with E-state index in [1.807, 2.05) is 0 Å². The molecule has 0 saturated carbocycles. The fraction of sp³-hybridized carbons (Fsp3) is 0.333. The summed E-state index contributed by atoms with van der Waals surface area (Å²) in [6.07, 6.45) is 0. The molecule has 0 bridgehead atoms. The standard InChI is InChI=1S/C12H13FO5/c1-8(14)17-5-6-18-11-7-9(13)3-4-10(11)12(15)16-2/h3-4,7H,5-6H2,1-2H3. The first-order valence-electron chi connectivity index (χ1n) is 5.18. The summed E-state index contributed by atoms with van der Waals surface area (Å²) in [7, 11) is 1.22. The molecule has 0 amide bonds. The van der Waals surface area contributed by atoms with Gasteiger partial charge in [0.15, 0.2) is 0 Å². The molecule has 0 heterocycles. The Labute approximate surface area is 103 Å². The number of esters is 2. The summed E-state index contributed by atoms with van der Waals surface area (Å²) in [6.45, 7) is 1.31. The molecule has 0 radical (unpaired) electrons. The first-order chi connectivity index (χ1) is 8.54. The van der Waals surface area contributed by atoms with Crippen LogP contribution in [0.2, 0.25) is 0 Å². The Bertz CT molecular complexity index is 444. The zero-order valence-electron chi connectivity index (χ0n) is 10.1. The monoisotopic (exact) mass is 256 g/mol. The van der Waals surface area contributed by atoms with Crippen LogP contribution in [0, 0.1) is 5.82 Å². The third-order valence-corrected chi connectivity index (χ3v) is 2.00. The zero-order valence-corrected chi connectivity index (χ0v) is 10.1. The van der Waals surface area contributed by atoms with Crippen molar-refractivity contribution in [3.05, 3.63) is 29.6 Å². The smallest absolute Gasteiger partial charge is 0.341 e.